The molecule has 0 saturated carbocycles. The highest BCUT2D eigenvalue weighted by molar-refractivity contribution is 5.96. The van der Waals surface area contributed by atoms with Crippen LogP contribution in [0.3, 0.4) is 0 Å². The van der Waals surface area contributed by atoms with Crippen LogP contribution in [0.5, 0.6) is 0 Å². The molecule has 13 heavy (non-hydrogen) atoms. The van der Waals surface area contributed by atoms with Crippen LogP contribution in [0.1, 0.15) is 12.8 Å². The van der Waals surface area contributed by atoms with Gasteiger partial charge in [-0.05, 0) is 31.8 Å². The smallest absolute Gasteiger partial charge is 0.316 e. The van der Waals surface area contributed by atoms with Crippen molar-refractivity contribution in [3.63, 3.8) is 0 Å². The van der Waals surface area contributed by atoms with Crippen LogP contribution in [0.15, 0.2) is 0 Å². The maximum Gasteiger partial charge on any atom is 0.316 e. The summed E-state index contributed by atoms with van der Waals surface area (Å²) in [5.41, 5.74) is 5.03. The fraction of sp³-hybridized carbons (Fsp3) is 0.750. The number of piperidine rings is 1. The second kappa shape index (κ2) is 4.23. The molecule has 0 aromatic rings. The number of carbonyl (C=O) groups is 2. The molecule has 1 rings (SSSR count). The number of rotatable bonds is 3. The summed E-state index contributed by atoms with van der Waals surface area (Å²) in [7, 11) is 0. The van der Waals surface area contributed by atoms with Crippen molar-refractivity contribution in [2.24, 2.45) is 17.6 Å². The number of carbonyl (C=O) groups excluding carboxylic acids is 1. The van der Waals surface area contributed by atoms with Gasteiger partial charge in [0.1, 0.15) is 5.92 Å². The third-order valence-electron chi connectivity index (χ3n) is 2.43. The second-order valence-corrected chi connectivity index (χ2v) is 3.31. The van der Waals surface area contributed by atoms with Gasteiger partial charge < -0.3 is 16.2 Å². The van der Waals surface area contributed by atoms with E-state index in [9.17, 15) is 9.59 Å². The lowest BCUT2D eigenvalue weighted by Gasteiger charge is -2.25. The standard InChI is InChI=1S/C8H14N2O3/c9-7(11)6(8(12)13)5-1-3-10-4-2-5/h5-6,10H,1-4H2,(H2,9,11)(H,12,13). The second-order valence-electron chi connectivity index (χ2n) is 3.31. The van der Waals surface area contributed by atoms with Crippen LogP contribution in [-0.4, -0.2) is 30.1 Å². The van der Waals surface area contributed by atoms with Gasteiger partial charge in [0.15, 0.2) is 0 Å². The Balaban J connectivity index is 2.62. The van der Waals surface area contributed by atoms with Crippen LogP contribution >= 0.6 is 0 Å². The number of nitrogens with two attached hydrogens (primary N) is 1. The maximum absolute atomic E-state index is 10.9. The van der Waals surface area contributed by atoms with E-state index >= 15 is 0 Å². The molecule has 0 aliphatic carbocycles. The van der Waals surface area contributed by atoms with Crippen LogP contribution in [-0.2, 0) is 9.59 Å². The predicted molar refractivity (Wildman–Crippen MR) is 45.9 cm³/mol. The van der Waals surface area contributed by atoms with Crippen molar-refractivity contribution in [1.29, 1.82) is 0 Å². The van der Waals surface area contributed by atoms with Gasteiger partial charge in [-0.25, -0.2) is 0 Å². The summed E-state index contributed by atoms with van der Waals surface area (Å²) in [5.74, 6) is -2.93. The van der Waals surface area contributed by atoms with E-state index in [-0.39, 0.29) is 5.92 Å². The van der Waals surface area contributed by atoms with E-state index < -0.39 is 17.8 Å². The number of primary amides is 1. The predicted octanol–water partition coefficient (Wildman–Crippen LogP) is -0.828. The van der Waals surface area contributed by atoms with Crippen LogP contribution in [0.2, 0.25) is 0 Å². The van der Waals surface area contributed by atoms with E-state index in [2.05, 4.69) is 5.32 Å². The minimum Gasteiger partial charge on any atom is -0.481 e. The number of aliphatic carboxylic acids is 1. The molecule has 1 unspecified atom stereocenters. The summed E-state index contributed by atoms with van der Waals surface area (Å²) < 4.78 is 0. The van der Waals surface area contributed by atoms with Crippen molar-refractivity contribution in [2.45, 2.75) is 12.8 Å². The fourth-order valence-electron chi connectivity index (χ4n) is 1.73. The molecule has 1 fully saturated rings. The molecule has 1 atom stereocenters. The number of carboxylic acid groups (broad SMARTS) is 1. The zero-order valence-corrected chi connectivity index (χ0v) is 7.32. The van der Waals surface area contributed by atoms with Crippen molar-refractivity contribution >= 4 is 11.9 Å². The van der Waals surface area contributed by atoms with Gasteiger partial charge in [-0.1, -0.05) is 0 Å². The van der Waals surface area contributed by atoms with E-state index in [1.165, 1.54) is 0 Å². The first-order chi connectivity index (χ1) is 6.13. The zero-order chi connectivity index (χ0) is 9.84. The van der Waals surface area contributed by atoms with E-state index in [0.29, 0.717) is 12.8 Å². The fourth-order valence-corrected chi connectivity index (χ4v) is 1.73. The Labute approximate surface area is 76.3 Å². The molecule has 1 aliphatic rings. The molecule has 1 amide bonds. The van der Waals surface area contributed by atoms with Gasteiger partial charge in [-0.15, -0.1) is 0 Å². The maximum atomic E-state index is 10.9. The molecule has 1 aliphatic heterocycles. The molecule has 4 N–H and O–H groups in total. The number of hydrogen-bond donors (Lipinski definition) is 3. The highest BCUT2D eigenvalue weighted by Gasteiger charge is 2.33. The van der Waals surface area contributed by atoms with Gasteiger partial charge >= 0.3 is 5.97 Å². The first-order valence-corrected chi connectivity index (χ1v) is 4.35. The summed E-state index contributed by atoms with van der Waals surface area (Å²) in [6, 6.07) is 0. The summed E-state index contributed by atoms with van der Waals surface area (Å²) >= 11 is 0. The normalized spacial score (nSPS) is 20.9. The van der Waals surface area contributed by atoms with Crippen LogP contribution in [0.4, 0.5) is 0 Å². The van der Waals surface area contributed by atoms with Crippen LogP contribution < -0.4 is 11.1 Å². The Morgan fingerprint density at radius 1 is 1.38 bits per heavy atom. The number of hydrogen-bond acceptors (Lipinski definition) is 3. The third-order valence-corrected chi connectivity index (χ3v) is 2.43. The molecule has 0 aromatic heterocycles. The van der Waals surface area contributed by atoms with Gasteiger partial charge in [0.05, 0.1) is 0 Å². The third kappa shape index (κ3) is 2.42. The van der Waals surface area contributed by atoms with Crippen molar-refractivity contribution in [2.75, 3.05) is 13.1 Å². The molecule has 0 spiro atoms. The van der Waals surface area contributed by atoms with E-state index in [1.807, 2.05) is 0 Å². The van der Waals surface area contributed by atoms with Crippen LogP contribution in [0.25, 0.3) is 0 Å². The summed E-state index contributed by atoms with van der Waals surface area (Å²) in [6.45, 7) is 1.53. The van der Waals surface area contributed by atoms with Gasteiger partial charge in [0, 0.05) is 0 Å². The molecule has 5 nitrogen and oxygen atoms in total. The van der Waals surface area contributed by atoms with Gasteiger partial charge in [0.2, 0.25) is 5.91 Å². The molecule has 5 heteroatoms. The van der Waals surface area contributed by atoms with Crippen molar-refractivity contribution in [1.82, 2.24) is 5.32 Å². The first-order valence-electron chi connectivity index (χ1n) is 4.35. The zero-order valence-electron chi connectivity index (χ0n) is 7.32. The Kier molecular flexibility index (Phi) is 3.25. The lowest BCUT2D eigenvalue weighted by atomic mass is 9.84. The first kappa shape index (κ1) is 9.98. The topological polar surface area (TPSA) is 92.4 Å². The molecule has 0 bridgehead atoms. The van der Waals surface area contributed by atoms with Crippen molar-refractivity contribution in [3.8, 4) is 0 Å². The molecular weight excluding hydrogens is 172 g/mol. The van der Waals surface area contributed by atoms with Crippen molar-refractivity contribution < 1.29 is 14.7 Å². The molecule has 74 valence electrons. The van der Waals surface area contributed by atoms with E-state index in [4.69, 9.17) is 10.8 Å². The van der Waals surface area contributed by atoms with E-state index in [0.717, 1.165) is 13.1 Å². The summed E-state index contributed by atoms with van der Waals surface area (Å²) in [6.07, 6.45) is 1.42. The number of carboxylic acids is 1. The molecular formula is C8H14N2O3. The lowest BCUT2D eigenvalue weighted by Crippen LogP contribution is -2.41. The Morgan fingerprint density at radius 2 is 1.92 bits per heavy atom. The number of amides is 1. The SMILES string of the molecule is NC(=O)C(C(=O)O)C1CCNCC1. The average molecular weight is 186 g/mol. The summed E-state index contributed by atoms with van der Waals surface area (Å²) in [5, 5.41) is 11.9. The average Bonchev–Trinajstić information content (AvgIpc) is 2.04. The Bertz CT molecular complexity index is 197. The summed E-state index contributed by atoms with van der Waals surface area (Å²) in [4.78, 5) is 21.6. The highest BCUT2D eigenvalue weighted by Crippen LogP contribution is 2.21. The minimum absolute atomic E-state index is 0.101. The Morgan fingerprint density at radius 3 is 2.31 bits per heavy atom. The Hall–Kier alpha value is -1.10. The minimum atomic E-state index is -1.10. The molecule has 1 saturated heterocycles. The molecule has 0 radical (unpaired) electrons. The van der Waals surface area contributed by atoms with Crippen molar-refractivity contribution in [3.05, 3.63) is 0 Å². The molecule has 0 aromatic carbocycles. The molecule has 1 heterocycles. The highest BCUT2D eigenvalue weighted by atomic mass is 16.4. The van der Waals surface area contributed by atoms with Gasteiger partial charge in [-0.3, -0.25) is 9.59 Å². The largest absolute Gasteiger partial charge is 0.481 e. The van der Waals surface area contributed by atoms with Crippen LogP contribution in [0, 0.1) is 11.8 Å². The van der Waals surface area contributed by atoms with Gasteiger partial charge in [0.25, 0.3) is 0 Å². The number of nitrogens with one attached hydrogen (secondary N) is 1. The monoisotopic (exact) mass is 186 g/mol. The van der Waals surface area contributed by atoms with Gasteiger partial charge in [-0.2, -0.15) is 0 Å². The quantitative estimate of drug-likeness (QED) is 0.502. The van der Waals surface area contributed by atoms with E-state index in [1.54, 1.807) is 0 Å². The lowest BCUT2D eigenvalue weighted by molar-refractivity contribution is -0.148.